The van der Waals surface area contributed by atoms with Crippen LogP contribution < -0.4 is 5.32 Å². The van der Waals surface area contributed by atoms with Crippen molar-refractivity contribution < 1.29 is 22.9 Å². The third-order valence-electron chi connectivity index (χ3n) is 6.47. The maximum Gasteiger partial charge on any atom is 0.423 e. The number of nitro groups is 1. The molecule has 0 saturated heterocycles. The molecule has 0 amide bonds. The van der Waals surface area contributed by atoms with Crippen LogP contribution in [0.15, 0.2) is 59.9 Å². The molecule has 34 heavy (non-hydrogen) atoms. The number of rotatable bonds is 2. The smallest absolute Gasteiger partial charge is 0.358 e. The molecule has 1 N–H and O–H groups in total. The Morgan fingerprint density at radius 3 is 2.62 bits per heavy atom. The molecule has 1 aliphatic carbocycles. The summed E-state index contributed by atoms with van der Waals surface area (Å²) in [5, 5.41) is 15.4. The first-order valence-electron chi connectivity index (χ1n) is 10.7. The number of hydrogen-bond acceptors (Lipinski definition) is 5. The fourth-order valence-corrected chi connectivity index (χ4v) is 5.14. The van der Waals surface area contributed by atoms with E-state index in [0.717, 1.165) is 12.1 Å². The SMILES string of the molecule is CC1(C)CC(=O)C2=C(C1)Nc1ccc3ncccc3c1C2c1ccc([N+](=O)[O-])c(C(F)(F)F)c1. The zero-order valence-corrected chi connectivity index (χ0v) is 18.4. The number of halogens is 3. The van der Waals surface area contributed by atoms with Crippen molar-refractivity contribution in [1.82, 2.24) is 4.98 Å². The monoisotopic (exact) mass is 467 g/mol. The summed E-state index contributed by atoms with van der Waals surface area (Å²) in [6.07, 6.45) is -2.51. The molecule has 0 fully saturated rings. The predicted molar refractivity (Wildman–Crippen MR) is 120 cm³/mol. The topological polar surface area (TPSA) is 85.1 Å². The summed E-state index contributed by atoms with van der Waals surface area (Å²) in [6.45, 7) is 3.94. The summed E-state index contributed by atoms with van der Waals surface area (Å²) >= 11 is 0. The van der Waals surface area contributed by atoms with Crippen molar-refractivity contribution >= 4 is 28.1 Å². The molecule has 0 radical (unpaired) electrons. The molecule has 1 aromatic heterocycles. The van der Waals surface area contributed by atoms with E-state index in [1.807, 2.05) is 32.0 Å². The lowest BCUT2D eigenvalue weighted by Crippen LogP contribution is -2.34. The van der Waals surface area contributed by atoms with Crippen LogP contribution in [-0.2, 0) is 11.0 Å². The molecule has 6 nitrogen and oxygen atoms in total. The molecule has 2 heterocycles. The van der Waals surface area contributed by atoms with Crippen LogP contribution in [0.4, 0.5) is 24.5 Å². The molecular formula is C25H20F3N3O3. The van der Waals surface area contributed by atoms with E-state index in [4.69, 9.17) is 0 Å². The van der Waals surface area contributed by atoms with Crippen LogP contribution >= 0.6 is 0 Å². The summed E-state index contributed by atoms with van der Waals surface area (Å²) in [7, 11) is 0. The molecule has 1 unspecified atom stereocenters. The van der Waals surface area contributed by atoms with Gasteiger partial charge in [-0.2, -0.15) is 13.2 Å². The minimum absolute atomic E-state index is 0.151. The number of anilines is 1. The van der Waals surface area contributed by atoms with Crippen molar-refractivity contribution in [3.63, 3.8) is 0 Å². The van der Waals surface area contributed by atoms with Gasteiger partial charge >= 0.3 is 6.18 Å². The van der Waals surface area contributed by atoms with Crippen molar-refractivity contribution in [2.24, 2.45) is 5.41 Å². The normalized spacial score (nSPS) is 19.4. The predicted octanol–water partition coefficient (Wildman–Crippen LogP) is 6.36. The van der Waals surface area contributed by atoms with Crippen LogP contribution in [0, 0.1) is 15.5 Å². The van der Waals surface area contributed by atoms with Crippen LogP contribution in [0.5, 0.6) is 0 Å². The fourth-order valence-electron chi connectivity index (χ4n) is 5.14. The van der Waals surface area contributed by atoms with Gasteiger partial charge in [0.25, 0.3) is 5.69 Å². The number of ketones is 1. The Morgan fingerprint density at radius 1 is 1.15 bits per heavy atom. The number of pyridine rings is 1. The molecule has 0 saturated carbocycles. The van der Waals surface area contributed by atoms with E-state index < -0.39 is 28.3 Å². The quantitative estimate of drug-likeness (QED) is 0.350. The lowest BCUT2D eigenvalue weighted by Gasteiger charge is -2.40. The molecule has 3 aromatic rings. The van der Waals surface area contributed by atoms with Gasteiger partial charge in [0.05, 0.1) is 10.4 Å². The number of nitro benzene ring substituents is 1. The van der Waals surface area contributed by atoms with Gasteiger partial charge < -0.3 is 5.32 Å². The summed E-state index contributed by atoms with van der Waals surface area (Å²) < 4.78 is 41.4. The van der Waals surface area contributed by atoms with Gasteiger partial charge in [0, 0.05) is 46.9 Å². The largest absolute Gasteiger partial charge is 0.423 e. The van der Waals surface area contributed by atoms with Crippen molar-refractivity contribution in [2.45, 2.75) is 38.8 Å². The van der Waals surface area contributed by atoms with E-state index in [1.54, 1.807) is 12.3 Å². The second-order valence-corrected chi connectivity index (χ2v) is 9.52. The summed E-state index contributed by atoms with van der Waals surface area (Å²) in [6, 6.07) is 10.2. The van der Waals surface area contributed by atoms with Crippen LogP contribution in [0.1, 0.15) is 49.3 Å². The highest BCUT2D eigenvalue weighted by Crippen LogP contribution is 2.51. The first kappa shape index (κ1) is 22.1. The van der Waals surface area contributed by atoms with E-state index in [1.165, 1.54) is 6.07 Å². The Labute approximate surface area is 192 Å². The number of hydrogen-bond donors (Lipinski definition) is 1. The molecule has 0 bridgehead atoms. The van der Waals surface area contributed by atoms with E-state index >= 15 is 0 Å². The summed E-state index contributed by atoms with van der Waals surface area (Å²) in [4.78, 5) is 28.0. The minimum atomic E-state index is -4.93. The van der Waals surface area contributed by atoms with Crippen LogP contribution in [-0.4, -0.2) is 15.7 Å². The van der Waals surface area contributed by atoms with Crippen LogP contribution in [0.25, 0.3) is 10.9 Å². The first-order valence-corrected chi connectivity index (χ1v) is 10.7. The Bertz CT molecular complexity index is 1410. The molecule has 174 valence electrons. The molecular weight excluding hydrogens is 447 g/mol. The number of aromatic nitrogens is 1. The number of benzene rings is 2. The highest BCUT2D eigenvalue weighted by Gasteiger charge is 2.43. The number of nitrogens with zero attached hydrogens (tertiary/aromatic N) is 2. The number of carbonyl (C=O) groups excluding carboxylic acids is 1. The average molecular weight is 467 g/mol. The Kier molecular flexibility index (Phi) is 4.79. The van der Waals surface area contributed by atoms with Gasteiger partial charge in [0.15, 0.2) is 5.78 Å². The fraction of sp³-hybridized carbons (Fsp3) is 0.280. The molecule has 2 aliphatic rings. The molecule has 1 atom stereocenters. The highest BCUT2D eigenvalue weighted by atomic mass is 19.4. The molecule has 0 spiro atoms. The van der Waals surface area contributed by atoms with Gasteiger partial charge in [-0.1, -0.05) is 26.0 Å². The molecule has 1 aliphatic heterocycles. The lowest BCUT2D eigenvalue weighted by molar-refractivity contribution is -0.388. The lowest BCUT2D eigenvalue weighted by atomic mass is 9.68. The number of carbonyl (C=O) groups is 1. The van der Waals surface area contributed by atoms with Gasteiger partial charge in [-0.15, -0.1) is 0 Å². The third kappa shape index (κ3) is 3.52. The van der Waals surface area contributed by atoms with Crippen LogP contribution in [0.3, 0.4) is 0 Å². The molecule has 2 aromatic carbocycles. The number of Topliss-reactive ketones (excluding diaryl/α,β-unsaturated/α-hetero) is 1. The van der Waals surface area contributed by atoms with E-state index in [2.05, 4.69) is 10.3 Å². The Morgan fingerprint density at radius 2 is 1.91 bits per heavy atom. The van der Waals surface area contributed by atoms with Crippen molar-refractivity contribution in [2.75, 3.05) is 5.32 Å². The second kappa shape index (κ2) is 7.38. The maximum atomic E-state index is 13.8. The average Bonchev–Trinajstić information content (AvgIpc) is 2.75. The van der Waals surface area contributed by atoms with Gasteiger partial charge in [-0.25, -0.2) is 0 Å². The highest BCUT2D eigenvalue weighted by molar-refractivity contribution is 6.04. The van der Waals surface area contributed by atoms with Gasteiger partial charge in [-0.05, 0) is 47.2 Å². The number of alkyl halides is 3. The summed E-state index contributed by atoms with van der Waals surface area (Å²) in [5.41, 5.74) is 0.557. The number of allylic oxidation sites excluding steroid dienone is 2. The van der Waals surface area contributed by atoms with Crippen molar-refractivity contribution in [3.05, 3.63) is 86.7 Å². The summed E-state index contributed by atoms with van der Waals surface area (Å²) in [5.74, 6) is -0.966. The van der Waals surface area contributed by atoms with Crippen molar-refractivity contribution in [3.8, 4) is 0 Å². The standard InChI is InChI=1S/C25H20F3N3O3/c1-24(2)11-18-23(20(32)12-24)21(13-5-8-19(31(33)34)15(10-13)25(26,27)28)22-14-4-3-9-29-16(14)6-7-17(22)30-18/h3-10,21,30H,11-12H2,1-2H3. The third-order valence-corrected chi connectivity index (χ3v) is 6.47. The van der Waals surface area contributed by atoms with Crippen LogP contribution in [0.2, 0.25) is 0 Å². The maximum absolute atomic E-state index is 13.8. The molecule has 5 rings (SSSR count). The molecule has 9 heteroatoms. The Hall–Kier alpha value is -3.75. The Balaban J connectivity index is 1.83. The second-order valence-electron chi connectivity index (χ2n) is 9.52. The van der Waals surface area contributed by atoms with E-state index in [0.29, 0.717) is 39.8 Å². The minimum Gasteiger partial charge on any atom is -0.358 e. The van der Waals surface area contributed by atoms with E-state index in [9.17, 15) is 28.1 Å². The first-order chi connectivity index (χ1) is 16.0. The zero-order valence-electron chi connectivity index (χ0n) is 18.4. The zero-order chi connectivity index (χ0) is 24.4. The van der Waals surface area contributed by atoms with E-state index in [-0.39, 0.29) is 23.2 Å². The van der Waals surface area contributed by atoms with Crippen molar-refractivity contribution in [1.29, 1.82) is 0 Å². The number of nitrogens with one attached hydrogen (secondary N) is 1. The van der Waals surface area contributed by atoms with Gasteiger partial charge in [-0.3, -0.25) is 19.9 Å². The van der Waals surface area contributed by atoms with Gasteiger partial charge in [0.2, 0.25) is 0 Å². The van der Waals surface area contributed by atoms with Gasteiger partial charge in [0.1, 0.15) is 5.56 Å². The number of fused-ring (bicyclic) bond motifs is 3.